The number of sulfonamides is 1. The molecule has 0 radical (unpaired) electrons. The van der Waals surface area contributed by atoms with Crippen LogP contribution in [0.3, 0.4) is 0 Å². The first-order valence-corrected chi connectivity index (χ1v) is 13.9. The molecule has 37 heavy (non-hydrogen) atoms. The largest absolute Gasteiger partial charge is 0.357 e. The topological polar surface area (TPSA) is 86.8 Å². The summed E-state index contributed by atoms with van der Waals surface area (Å²) in [6.45, 7) is 1.13. The minimum Gasteiger partial charge on any atom is -0.357 e. The van der Waals surface area contributed by atoms with Crippen LogP contribution >= 0.6 is 34.8 Å². The smallest absolute Gasteiger partial charge is 0.264 e. The average molecular weight is 583 g/mol. The van der Waals surface area contributed by atoms with Crippen molar-refractivity contribution >= 4 is 62.3 Å². The summed E-state index contributed by atoms with van der Waals surface area (Å²) in [7, 11) is -2.77. The summed E-state index contributed by atoms with van der Waals surface area (Å²) >= 11 is 18.9. The van der Waals surface area contributed by atoms with Gasteiger partial charge in [-0.2, -0.15) is 0 Å². The van der Waals surface area contributed by atoms with Gasteiger partial charge in [-0.3, -0.25) is 13.9 Å². The third-order valence-electron chi connectivity index (χ3n) is 5.72. The van der Waals surface area contributed by atoms with Gasteiger partial charge in [-0.1, -0.05) is 78.1 Å². The van der Waals surface area contributed by atoms with Crippen molar-refractivity contribution in [2.24, 2.45) is 0 Å². The van der Waals surface area contributed by atoms with Crippen molar-refractivity contribution in [3.63, 3.8) is 0 Å². The summed E-state index contributed by atoms with van der Waals surface area (Å²) in [4.78, 5) is 27.9. The van der Waals surface area contributed by atoms with E-state index in [4.69, 9.17) is 34.8 Å². The Bertz CT molecular complexity index is 1370. The number of carbonyl (C=O) groups is 2. The number of halogens is 3. The lowest BCUT2D eigenvalue weighted by Gasteiger charge is -2.33. The van der Waals surface area contributed by atoms with Gasteiger partial charge in [-0.05, 0) is 48.4 Å². The second-order valence-electron chi connectivity index (χ2n) is 8.07. The van der Waals surface area contributed by atoms with Gasteiger partial charge in [0.2, 0.25) is 11.8 Å². The van der Waals surface area contributed by atoms with E-state index in [0.29, 0.717) is 17.0 Å². The molecule has 0 aliphatic carbocycles. The Kier molecular flexibility index (Phi) is 9.84. The van der Waals surface area contributed by atoms with E-state index in [9.17, 15) is 18.0 Å². The van der Waals surface area contributed by atoms with Gasteiger partial charge in [-0.15, -0.1) is 0 Å². The van der Waals surface area contributed by atoms with Gasteiger partial charge < -0.3 is 10.2 Å². The van der Waals surface area contributed by atoms with E-state index in [-0.39, 0.29) is 33.1 Å². The third kappa shape index (κ3) is 6.76. The van der Waals surface area contributed by atoms with E-state index in [0.717, 1.165) is 4.31 Å². The average Bonchev–Trinajstić information content (AvgIpc) is 2.89. The number of nitrogens with one attached hydrogen (secondary N) is 1. The summed E-state index contributed by atoms with van der Waals surface area (Å²) in [5.74, 6) is -1.01. The van der Waals surface area contributed by atoms with Crippen LogP contribution in [-0.4, -0.2) is 44.8 Å². The molecule has 196 valence electrons. The first kappa shape index (κ1) is 28.8. The number of amides is 2. The van der Waals surface area contributed by atoms with Crippen LogP contribution in [0.4, 0.5) is 5.69 Å². The van der Waals surface area contributed by atoms with Crippen LogP contribution in [0.15, 0.2) is 77.7 Å². The number of carbonyl (C=O) groups excluding carboxylic acids is 2. The molecule has 7 nitrogen and oxygen atoms in total. The molecule has 0 bridgehead atoms. The van der Waals surface area contributed by atoms with Crippen LogP contribution in [0, 0.1) is 0 Å². The highest BCUT2D eigenvalue weighted by Gasteiger charge is 2.34. The highest BCUT2D eigenvalue weighted by molar-refractivity contribution is 7.92. The highest BCUT2D eigenvalue weighted by atomic mass is 35.5. The summed E-state index contributed by atoms with van der Waals surface area (Å²) in [5, 5.41) is 3.32. The molecule has 0 heterocycles. The zero-order chi connectivity index (χ0) is 27.2. The molecule has 1 N–H and O–H groups in total. The summed E-state index contributed by atoms with van der Waals surface area (Å²) in [6.07, 6.45) is 0.291. The van der Waals surface area contributed by atoms with Crippen LogP contribution in [0.1, 0.15) is 18.9 Å². The van der Waals surface area contributed by atoms with E-state index in [1.165, 1.54) is 42.3 Å². The number of hydrogen-bond acceptors (Lipinski definition) is 4. The summed E-state index contributed by atoms with van der Waals surface area (Å²) in [5.41, 5.74) is 0.648. The molecule has 11 heteroatoms. The van der Waals surface area contributed by atoms with Gasteiger partial charge in [0, 0.05) is 23.6 Å². The van der Waals surface area contributed by atoms with Crippen LogP contribution < -0.4 is 9.62 Å². The first-order valence-electron chi connectivity index (χ1n) is 11.4. The predicted molar refractivity (Wildman–Crippen MR) is 148 cm³/mol. The number of nitrogens with zero attached hydrogens (tertiary/aromatic N) is 2. The lowest BCUT2D eigenvalue weighted by molar-refractivity contribution is -0.140. The fourth-order valence-corrected chi connectivity index (χ4v) is 5.88. The molecule has 0 saturated heterocycles. The Morgan fingerprint density at radius 1 is 0.919 bits per heavy atom. The minimum absolute atomic E-state index is 0.00701. The molecule has 0 aliphatic heterocycles. The fourth-order valence-electron chi connectivity index (χ4n) is 3.81. The fraction of sp³-hybridized carbons (Fsp3) is 0.231. The molecular formula is C26H26Cl3N3O4S. The second-order valence-corrected chi connectivity index (χ2v) is 11.2. The Labute approximate surface area is 232 Å². The highest BCUT2D eigenvalue weighted by Crippen LogP contribution is 2.33. The van der Waals surface area contributed by atoms with Crippen molar-refractivity contribution in [1.82, 2.24) is 10.2 Å². The number of anilines is 1. The van der Waals surface area contributed by atoms with Crippen molar-refractivity contribution in [3.05, 3.63) is 93.4 Å². The molecule has 3 rings (SSSR count). The molecule has 3 aromatic carbocycles. The van der Waals surface area contributed by atoms with E-state index in [2.05, 4.69) is 5.32 Å². The van der Waals surface area contributed by atoms with Gasteiger partial charge in [0.1, 0.15) is 12.6 Å². The molecule has 0 saturated carbocycles. The van der Waals surface area contributed by atoms with Crippen LogP contribution in [0.2, 0.25) is 15.1 Å². The SMILES string of the molecule is CC[C@H](C(=O)NC)N(Cc1ccccc1Cl)C(=O)CN(c1cc(Cl)ccc1Cl)S(=O)(=O)c1ccccc1. The molecule has 0 aromatic heterocycles. The molecule has 0 spiro atoms. The number of rotatable bonds is 10. The normalized spacial score (nSPS) is 12.0. The van der Waals surface area contributed by atoms with E-state index in [1.54, 1.807) is 49.4 Å². The maximum Gasteiger partial charge on any atom is 0.264 e. The standard InChI is InChI=1S/C26H26Cl3N3O4S/c1-3-23(26(34)30-2)31(16-18-9-7-8-12-21(18)28)25(33)17-32(24-15-19(27)13-14-22(24)29)37(35,36)20-10-5-4-6-11-20/h4-15,23H,3,16-17H2,1-2H3,(H,30,34)/t23-/m1/s1. The minimum atomic E-state index is -4.25. The Morgan fingerprint density at radius 2 is 1.57 bits per heavy atom. The maximum absolute atomic E-state index is 13.9. The van der Waals surface area contributed by atoms with Gasteiger partial charge >= 0.3 is 0 Å². The molecule has 3 aromatic rings. The second kappa shape index (κ2) is 12.6. The third-order valence-corrected chi connectivity index (χ3v) is 8.42. The van der Waals surface area contributed by atoms with Gasteiger partial charge in [0.25, 0.3) is 10.0 Å². The zero-order valence-electron chi connectivity index (χ0n) is 20.2. The summed E-state index contributed by atoms with van der Waals surface area (Å²) < 4.78 is 28.4. The molecule has 0 fully saturated rings. The van der Waals surface area contributed by atoms with Gasteiger partial charge in [-0.25, -0.2) is 8.42 Å². The van der Waals surface area contributed by atoms with Crippen molar-refractivity contribution in [2.45, 2.75) is 30.8 Å². The lowest BCUT2D eigenvalue weighted by atomic mass is 10.1. The van der Waals surface area contributed by atoms with Crippen molar-refractivity contribution < 1.29 is 18.0 Å². The Hall–Kier alpha value is -2.78. The van der Waals surface area contributed by atoms with Crippen LogP contribution in [0.5, 0.6) is 0 Å². The molecular weight excluding hydrogens is 557 g/mol. The zero-order valence-corrected chi connectivity index (χ0v) is 23.3. The Morgan fingerprint density at radius 3 is 2.19 bits per heavy atom. The van der Waals surface area contributed by atoms with E-state index < -0.39 is 28.5 Å². The van der Waals surface area contributed by atoms with Crippen molar-refractivity contribution in [1.29, 1.82) is 0 Å². The number of hydrogen-bond donors (Lipinski definition) is 1. The maximum atomic E-state index is 13.9. The van der Waals surface area contributed by atoms with Crippen molar-refractivity contribution in [3.8, 4) is 0 Å². The predicted octanol–water partition coefficient (Wildman–Crippen LogP) is 5.40. The first-order chi connectivity index (χ1) is 17.6. The van der Waals surface area contributed by atoms with Gasteiger partial charge in [0.05, 0.1) is 15.6 Å². The van der Waals surface area contributed by atoms with Crippen LogP contribution in [-0.2, 0) is 26.2 Å². The number of likely N-dealkylation sites (N-methyl/N-ethyl adjacent to an activating group) is 1. The molecule has 0 aliphatic rings. The Balaban J connectivity index is 2.11. The van der Waals surface area contributed by atoms with Crippen LogP contribution in [0.25, 0.3) is 0 Å². The molecule has 1 atom stereocenters. The van der Waals surface area contributed by atoms with Crippen molar-refractivity contribution in [2.75, 3.05) is 17.9 Å². The summed E-state index contributed by atoms with van der Waals surface area (Å²) in [6, 6.07) is 18.1. The molecule has 2 amide bonds. The monoisotopic (exact) mass is 581 g/mol. The molecule has 0 unspecified atom stereocenters. The van der Waals surface area contributed by atoms with E-state index in [1.807, 2.05) is 0 Å². The lowest BCUT2D eigenvalue weighted by Crippen LogP contribution is -2.51. The number of benzene rings is 3. The quantitative estimate of drug-likeness (QED) is 0.347. The van der Waals surface area contributed by atoms with E-state index >= 15 is 0 Å². The van der Waals surface area contributed by atoms with Gasteiger partial charge in [0.15, 0.2) is 0 Å².